The van der Waals surface area contributed by atoms with Gasteiger partial charge in [0.05, 0.1) is 10.2 Å². The Morgan fingerprint density at radius 2 is 2.06 bits per heavy atom. The van der Waals surface area contributed by atoms with Crippen LogP contribution in [0.4, 0.5) is 10.2 Å². The van der Waals surface area contributed by atoms with Crippen LogP contribution in [0.1, 0.15) is 5.56 Å². The number of nitrogens with one attached hydrogen (secondary N) is 1. The van der Waals surface area contributed by atoms with Gasteiger partial charge in [-0.1, -0.05) is 6.07 Å². The summed E-state index contributed by atoms with van der Waals surface area (Å²) in [6.07, 6.45) is 1.43. The molecule has 0 radical (unpaired) electrons. The van der Waals surface area contributed by atoms with E-state index in [4.69, 9.17) is 0 Å². The van der Waals surface area contributed by atoms with E-state index >= 15 is 0 Å². The van der Waals surface area contributed by atoms with Crippen LogP contribution in [0.2, 0.25) is 0 Å². The molecule has 2 aromatic rings. The van der Waals surface area contributed by atoms with Gasteiger partial charge in [-0.15, -0.1) is 0 Å². The van der Waals surface area contributed by atoms with E-state index in [1.165, 1.54) is 6.33 Å². The molecule has 0 atom stereocenters. The Kier molecular flexibility index (Phi) is 3.38. The normalized spacial score (nSPS) is 10.4. The molecule has 0 aliphatic heterocycles. The molecule has 88 valence electrons. The number of hydrogen-bond acceptors (Lipinski definition) is 3. The van der Waals surface area contributed by atoms with Gasteiger partial charge in [-0.2, -0.15) is 0 Å². The Morgan fingerprint density at radius 3 is 2.76 bits per heavy atom. The molecule has 0 saturated heterocycles. The maximum Gasteiger partial charge on any atom is 0.146 e. The van der Waals surface area contributed by atoms with E-state index in [0.29, 0.717) is 21.5 Å². The number of aromatic nitrogens is 2. The SMILES string of the molecule is CNc1ncnc(-c2cccc(Br)c2F)c1C. The predicted octanol–water partition coefficient (Wildman–Crippen LogP) is 3.40. The Labute approximate surface area is 107 Å². The van der Waals surface area contributed by atoms with E-state index in [-0.39, 0.29) is 5.82 Å². The molecule has 0 spiro atoms. The van der Waals surface area contributed by atoms with Crippen molar-refractivity contribution in [2.45, 2.75) is 6.92 Å². The lowest BCUT2D eigenvalue weighted by molar-refractivity contribution is 0.624. The molecule has 0 amide bonds. The highest BCUT2D eigenvalue weighted by Gasteiger charge is 2.13. The molecular formula is C12H11BrFN3. The van der Waals surface area contributed by atoms with Crippen LogP contribution in [-0.2, 0) is 0 Å². The molecule has 0 aliphatic rings. The van der Waals surface area contributed by atoms with Gasteiger partial charge in [-0.3, -0.25) is 0 Å². The Morgan fingerprint density at radius 1 is 1.29 bits per heavy atom. The second kappa shape index (κ2) is 4.79. The third-order valence-electron chi connectivity index (χ3n) is 2.53. The molecule has 2 rings (SSSR count). The average molecular weight is 296 g/mol. The van der Waals surface area contributed by atoms with Gasteiger partial charge < -0.3 is 5.32 Å². The van der Waals surface area contributed by atoms with Gasteiger partial charge in [0, 0.05) is 18.2 Å². The molecule has 0 fully saturated rings. The van der Waals surface area contributed by atoms with Crippen LogP contribution in [0.25, 0.3) is 11.3 Å². The van der Waals surface area contributed by atoms with Crippen molar-refractivity contribution in [2.24, 2.45) is 0 Å². The van der Waals surface area contributed by atoms with Crippen molar-refractivity contribution in [1.29, 1.82) is 0 Å². The third-order valence-corrected chi connectivity index (χ3v) is 3.14. The smallest absolute Gasteiger partial charge is 0.146 e. The van der Waals surface area contributed by atoms with Crippen LogP contribution in [0.15, 0.2) is 29.0 Å². The first-order valence-corrected chi connectivity index (χ1v) is 5.88. The standard InChI is InChI=1S/C12H11BrFN3/c1-7-11(16-6-17-12(7)15-2)8-4-3-5-9(13)10(8)14/h3-6H,1-2H3,(H,15,16,17). The summed E-state index contributed by atoms with van der Waals surface area (Å²) < 4.78 is 14.4. The fourth-order valence-electron chi connectivity index (χ4n) is 1.66. The third kappa shape index (κ3) is 2.15. The van der Waals surface area contributed by atoms with Crippen LogP contribution in [0, 0.1) is 12.7 Å². The minimum atomic E-state index is -0.309. The number of benzene rings is 1. The molecule has 1 aromatic carbocycles. The maximum absolute atomic E-state index is 14.0. The van der Waals surface area contributed by atoms with E-state index in [1.807, 2.05) is 6.92 Å². The highest BCUT2D eigenvalue weighted by Crippen LogP contribution is 2.30. The van der Waals surface area contributed by atoms with Crippen molar-refractivity contribution in [3.63, 3.8) is 0 Å². The number of nitrogens with zero attached hydrogens (tertiary/aromatic N) is 2. The summed E-state index contributed by atoms with van der Waals surface area (Å²) in [6, 6.07) is 5.15. The maximum atomic E-state index is 14.0. The fourth-order valence-corrected chi connectivity index (χ4v) is 2.03. The van der Waals surface area contributed by atoms with Crippen LogP contribution < -0.4 is 5.32 Å². The minimum Gasteiger partial charge on any atom is -0.373 e. The highest BCUT2D eigenvalue weighted by atomic mass is 79.9. The second-order valence-corrected chi connectivity index (χ2v) is 4.40. The Balaban J connectivity index is 2.65. The largest absolute Gasteiger partial charge is 0.373 e. The minimum absolute atomic E-state index is 0.309. The second-order valence-electron chi connectivity index (χ2n) is 3.55. The number of rotatable bonds is 2. The highest BCUT2D eigenvalue weighted by molar-refractivity contribution is 9.10. The van der Waals surface area contributed by atoms with Crippen molar-refractivity contribution >= 4 is 21.7 Å². The van der Waals surface area contributed by atoms with Crippen LogP contribution in [0.3, 0.4) is 0 Å². The van der Waals surface area contributed by atoms with Gasteiger partial charge >= 0.3 is 0 Å². The van der Waals surface area contributed by atoms with Gasteiger partial charge in [0.1, 0.15) is 18.0 Å². The summed E-state index contributed by atoms with van der Waals surface area (Å²) in [4.78, 5) is 8.23. The first-order chi connectivity index (χ1) is 8.15. The summed E-state index contributed by atoms with van der Waals surface area (Å²) in [5, 5.41) is 2.95. The number of hydrogen-bond donors (Lipinski definition) is 1. The molecule has 0 saturated carbocycles. The molecular weight excluding hydrogens is 285 g/mol. The monoisotopic (exact) mass is 295 g/mol. The van der Waals surface area contributed by atoms with Crippen molar-refractivity contribution in [2.75, 3.05) is 12.4 Å². The van der Waals surface area contributed by atoms with E-state index in [0.717, 1.165) is 5.56 Å². The lowest BCUT2D eigenvalue weighted by Gasteiger charge is -2.10. The average Bonchev–Trinajstić information content (AvgIpc) is 2.33. The van der Waals surface area contributed by atoms with Crippen molar-refractivity contribution in [1.82, 2.24) is 9.97 Å². The lowest BCUT2D eigenvalue weighted by atomic mass is 10.1. The van der Waals surface area contributed by atoms with Crippen molar-refractivity contribution < 1.29 is 4.39 Å². The van der Waals surface area contributed by atoms with Crippen molar-refractivity contribution in [3.8, 4) is 11.3 Å². The molecule has 3 nitrogen and oxygen atoms in total. The summed E-state index contributed by atoms with van der Waals surface area (Å²) in [6.45, 7) is 1.86. The van der Waals surface area contributed by atoms with Gasteiger partial charge in [-0.05, 0) is 35.0 Å². The molecule has 1 N–H and O–H groups in total. The molecule has 0 bridgehead atoms. The van der Waals surface area contributed by atoms with E-state index < -0.39 is 0 Å². The van der Waals surface area contributed by atoms with Crippen LogP contribution >= 0.6 is 15.9 Å². The van der Waals surface area contributed by atoms with Gasteiger partial charge in [0.15, 0.2) is 0 Å². The van der Waals surface area contributed by atoms with E-state index in [1.54, 1.807) is 25.2 Å². The van der Waals surface area contributed by atoms with Gasteiger partial charge in [0.2, 0.25) is 0 Å². The van der Waals surface area contributed by atoms with Gasteiger partial charge in [0.25, 0.3) is 0 Å². The molecule has 5 heteroatoms. The van der Waals surface area contributed by atoms with Crippen LogP contribution in [0.5, 0.6) is 0 Å². The Bertz CT molecular complexity index is 557. The summed E-state index contributed by atoms with van der Waals surface area (Å²) in [5.74, 6) is 0.394. The summed E-state index contributed by atoms with van der Waals surface area (Å²) in [5.41, 5.74) is 1.89. The van der Waals surface area contributed by atoms with Crippen molar-refractivity contribution in [3.05, 3.63) is 40.4 Å². The molecule has 17 heavy (non-hydrogen) atoms. The quantitative estimate of drug-likeness (QED) is 0.923. The van der Waals surface area contributed by atoms with Gasteiger partial charge in [-0.25, -0.2) is 14.4 Å². The number of anilines is 1. The summed E-state index contributed by atoms with van der Waals surface area (Å²) >= 11 is 3.17. The van der Waals surface area contributed by atoms with Crippen LogP contribution in [-0.4, -0.2) is 17.0 Å². The zero-order valence-electron chi connectivity index (χ0n) is 9.46. The molecule has 1 heterocycles. The first kappa shape index (κ1) is 12.0. The van der Waals surface area contributed by atoms with E-state index in [2.05, 4.69) is 31.2 Å². The fraction of sp³-hybridized carbons (Fsp3) is 0.167. The zero-order chi connectivity index (χ0) is 12.4. The predicted molar refractivity (Wildman–Crippen MR) is 69.4 cm³/mol. The molecule has 1 aromatic heterocycles. The lowest BCUT2D eigenvalue weighted by Crippen LogP contribution is -2.00. The summed E-state index contributed by atoms with van der Waals surface area (Å²) in [7, 11) is 1.77. The molecule has 0 unspecified atom stereocenters. The van der Waals surface area contributed by atoms with E-state index in [9.17, 15) is 4.39 Å². The molecule has 0 aliphatic carbocycles. The Hall–Kier alpha value is -1.49. The topological polar surface area (TPSA) is 37.8 Å². The number of halogens is 2. The first-order valence-electron chi connectivity index (χ1n) is 5.09. The zero-order valence-corrected chi connectivity index (χ0v) is 11.0.